The molecule has 0 aliphatic rings. The van der Waals surface area contributed by atoms with E-state index in [1.165, 1.54) is 11.3 Å². The van der Waals surface area contributed by atoms with Crippen LogP contribution >= 0.6 is 11.3 Å². The second-order valence-electron chi connectivity index (χ2n) is 5.49. The second kappa shape index (κ2) is 6.30. The van der Waals surface area contributed by atoms with E-state index in [2.05, 4.69) is 38.8 Å². The molecule has 0 saturated carbocycles. The van der Waals surface area contributed by atoms with Crippen molar-refractivity contribution in [3.63, 3.8) is 0 Å². The molecule has 3 rings (SSSR count). The van der Waals surface area contributed by atoms with Gasteiger partial charge >= 0.3 is 0 Å². The third-order valence-corrected chi connectivity index (χ3v) is 4.48. The van der Waals surface area contributed by atoms with Gasteiger partial charge in [-0.3, -0.25) is 0 Å². The summed E-state index contributed by atoms with van der Waals surface area (Å²) in [5.41, 5.74) is 5.13. The zero-order chi connectivity index (χ0) is 16.4. The van der Waals surface area contributed by atoms with Gasteiger partial charge in [-0.2, -0.15) is 0 Å². The van der Waals surface area contributed by atoms with Crippen LogP contribution in [0.5, 0.6) is 0 Å². The van der Waals surface area contributed by atoms with Crippen LogP contribution < -0.4 is 4.90 Å². The summed E-state index contributed by atoms with van der Waals surface area (Å²) in [5.74, 6) is 0. The first-order chi connectivity index (χ1) is 11.1. The molecule has 0 spiro atoms. The summed E-state index contributed by atoms with van der Waals surface area (Å²) in [4.78, 5) is 6.56. The smallest absolute Gasteiger partial charge is 0.231 e. The lowest BCUT2D eigenvalue weighted by Gasteiger charge is -2.13. The summed E-state index contributed by atoms with van der Waals surface area (Å²) in [7, 11) is 4.04. The minimum Gasteiger partial charge on any atom is -0.378 e. The highest BCUT2D eigenvalue weighted by Crippen LogP contribution is 2.31. The number of benzene rings is 2. The molecule has 23 heavy (non-hydrogen) atoms. The Morgan fingerprint density at radius 3 is 2.65 bits per heavy atom. The maximum absolute atomic E-state index is 4.49. The van der Waals surface area contributed by atoms with Gasteiger partial charge in [-0.05, 0) is 48.4 Å². The highest BCUT2D eigenvalue weighted by atomic mass is 32.1. The van der Waals surface area contributed by atoms with E-state index in [4.69, 9.17) is 0 Å². The largest absolute Gasteiger partial charge is 0.378 e. The molecule has 2 aromatic carbocycles. The molecular weight excluding hydrogens is 304 g/mol. The molecule has 5 heteroatoms. The van der Waals surface area contributed by atoms with Crippen molar-refractivity contribution < 1.29 is 0 Å². The van der Waals surface area contributed by atoms with E-state index >= 15 is 0 Å². The van der Waals surface area contributed by atoms with Crippen LogP contribution in [0.1, 0.15) is 11.1 Å². The predicted octanol–water partition coefficient (Wildman–Crippen LogP) is 5.73. The molecule has 0 bridgehead atoms. The van der Waals surface area contributed by atoms with E-state index in [0.717, 1.165) is 32.7 Å². The van der Waals surface area contributed by atoms with Gasteiger partial charge in [-0.15, -0.1) is 10.2 Å². The van der Waals surface area contributed by atoms with Crippen molar-refractivity contribution in [3.8, 4) is 0 Å². The fourth-order valence-corrected chi connectivity index (χ4v) is 3.06. The van der Waals surface area contributed by atoms with E-state index in [1.54, 1.807) is 0 Å². The monoisotopic (exact) mass is 322 g/mol. The molecule has 0 fully saturated rings. The quantitative estimate of drug-likeness (QED) is 0.576. The molecule has 0 radical (unpaired) electrons. The normalized spacial score (nSPS) is 11.3. The maximum atomic E-state index is 4.49. The van der Waals surface area contributed by atoms with Gasteiger partial charge in [0.1, 0.15) is 0 Å². The fourth-order valence-electron chi connectivity index (χ4n) is 2.23. The number of hydrogen-bond donors (Lipinski definition) is 0. The highest BCUT2D eigenvalue weighted by Gasteiger charge is 2.04. The van der Waals surface area contributed by atoms with Crippen molar-refractivity contribution >= 4 is 44.1 Å². The molecule has 3 aromatic rings. The number of fused-ring (bicyclic) bond motifs is 1. The van der Waals surface area contributed by atoms with Crippen LogP contribution in [0.15, 0.2) is 53.2 Å². The summed E-state index contributed by atoms with van der Waals surface area (Å²) in [6.45, 7) is 5.83. The van der Waals surface area contributed by atoms with Crippen LogP contribution in [0.25, 0.3) is 16.3 Å². The van der Waals surface area contributed by atoms with E-state index in [-0.39, 0.29) is 0 Å². The third-order valence-electron chi connectivity index (χ3n) is 3.58. The number of thiazole rings is 1. The Bertz CT molecular complexity index is 893. The first kappa shape index (κ1) is 15.4. The Hall–Kier alpha value is -2.53. The first-order valence-electron chi connectivity index (χ1n) is 7.29. The Labute approximate surface area is 139 Å². The van der Waals surface area contributed by atoms with Gasteiger partial charge in [0, 0.05) is 19.8 Å². The zero-order valence-corrected chi connectivity index (χ0v) is 14.3. The average molecular weight is 322 g/mol. The van der Waals surface area contributed by atoms with Crippen molar-refractivity contribution in [2.24, 2.45) is 10.2 Å². The van der Waals surface area contributed by atoms with Crippen molar-refractivity contribution in [1.82, 2.24) is 4.98 Å². The number of aromatic nitrogens is 1. The average Bonchev–Trinajstić information content (AvgIpc) is 2.95. The summed E-state index contributed by atoms with van der Waals surface area (Å²) in [5, 5.41) is 9.31. The van der Waals surface area contributed by atoms with Gasteiger partial charge in [0.25, 0.3) is 0 Å². The summed E-state index contributed by atoms with van der Waals surface area (Å²) in [6, 6.07) is 12.2. The number of rotatable bonds is 4. The number of nitrogens with zero attached hydrogens (tertiary/aromatic N) is 4. The van der Waals surface area contributed by atoms with Crippen LogP contribution in [0.3, 0.4) is 0 Å². The summed E-state index contributed by atoms with van der Waals surface area (Å²) >= 11 is 1.53. The van der Waals surface area contributed by atoms with Gasteiger partial charge in [0.2, 0.25) is 5.13 Å². The molecular formula is C18H18N4S. The molecule has 0 atom stereocenters. The molecule has 0 amide bonds. The first-order valence-corrected chi connectivity index (χ1v) is 8.11. The summed E-state index contributed by atoms with van der Waals surface area (Å²) < 4.78 is 1.09. The molecule has 0 N–H and O–H groups in total. The van der Waals surface area contributed by atoms with Crippen molar-refractivity contribution in [2.45, 2.75) is 6.92 Å². The minimum atomic E-state index is 0.664. The highest BCUT2D eigenvalue weighted by molar-refractivity contribution is 7.21. The van der Waals surface area contributed by atoms with Gasteiger partial charge < -0.3 is 4.90 Å². The van der Waals surface area contributed by atoms with E-state index in [0.29, 0.717) is 5.13 Å². The van der Waals surface area contributed by atoms with Gasteiger partial charge in [-0.1, -0.05) is 30.1 Å². The Kier molecular flexibility index (Phi) is 4.21. The van der Waals surface area contributed by atoms with Gasteiger partial charge in [0.05, 0.1) is 15.9 Å². The van der Waals surface area contributed by atoms with Crippen LogP contribution in [0, 0.1) is 6.92 Å². The van der Waals surface area contributed by atoms with E-state index < -0.39 is 0 Å². The zero-order valence-electron chi connectivity index (χ0n) is 13.4. The van der Waals surface area contributed by atoms with Crippen LogP contribution in [-0.4, -0.2) is 19.1 Å². The molecule has 1 heterocycles. The number of aryl methyl sites for hydroxylation is 1. The summed E-state index contributed by atoms with van der Waals surface area (Å²) in [6.07, 6.45) is 1.83. The van der Waals surface area contributed by atoms with Crippen LogP contribution in [0.2, 0.25) is 0 Å². The van der Waals surface area contributed by atoms with Crippen molar-refractivity contribution in [2.75, 3.05) is 19.0 Å². The number of hydrogen-bond acceptors (Lipinski definition) is 5. The van der Waals surface area contributed by atoms with Gasteiger partial charge in [-0.25, -0.2) is 4.98 Å². The number of azo groups is 1. The second-order valence-corrected chi connectivity index (χ2v) is 6.50. The molecule has 116 valence electrons. The lowest BCUT2D eigenvalue weighted by Crippen LogP contribution is -2.08. The SMILES string of the molecule is C=Cc1ccc2nc(N=Nc3ccc(N(C)C)cc3C)sc2c1. The standard InChI is InChI=1S/C18H18N4S/c1-5-13-6-8-16-17(11-13)23-18(19-16)21-20-15-9-7-14(22(3)4)10-12(15)2/h5-11H,1H2,2-4H3. The molecule has 0 unspecified atom stereocenters. The van der Waals surface area contributed by atoms with Crippen LogP contribution in [0.4, 0.5) is 16.5 Å². The van der Waals surface area contributed by atoms with Crippen molar-refractivity contribution in [1.29, 1.82) is 0 Å². The lowest BCUT2D eigenvalue weighted by atomic mass is 10.2. The van der Waals surface area contributed by atoms with E-state index in [1.807, 2.05) is 51.4 Å². The fraction of sp³-hybridized carbons (Fsp3) is 0.167. The molecule has 0 saturated heterocycles. The van der Waals surface area contributed by atoms with Crippen LogP contribution in [-0.2, 0) is 0 Å². The number of anilines is 1. The van der Waals surface area contributed by atoms with Gasteiger partial charge in [0.15, 0.2) is 0 Å². The molecule has 4 nitrogen and oxygen atoms in total. The topological polar surface area (TPSA) is 40.9 Å². The predicted molar refractivity (Wildman–Crippen MR) is 99.4 cm³/mol. The Balaban J connectivity index is 1.89. The van der Waals surface area contributed by atoms with Crippen molar-refractivity contribution in [3.05, 3.63) is 54.1 Å². The Morgan fingerprint density at radius 1 is 1.13 bits per heavy atom. The maximum Gasteiger partial charge on any atom is 0.231 e. The molecule has 0 aliphatic carbocycles. The third kappa shape index (κ3) is 3.29. The lowest BCUT2D eigenvalue weighted by molar-refractivity contribution is 1.12. The Morgan fingerprint density at radius 2 is 1.96 bits per heavy atom. The minimum absolute atomic E-state index is 0.664. The molecule has 0 aliphatic heterocycles. The molecule has 1 aromatic heterocycles. The van der Waals surface area contributed by atoms with E-state index in [9.17, 15) is 0 Å².